The van der Waals surface area contributed by atoms with Crippen molar-refractivity contribution in [2.75, 3.05) is 26.2 Å². The molecule has 4 aromatic rings. The number of nitrogens with one attached hydrogen (secondary N) is 1. The van der Waals surface area contributed by atoms with Crippen LogP contribution in [-0.2, 0) is 6.54 Å². The number of H-pyrrole nitrogens is 1. The fourth-order valence-electron chi connectivity index (χ4n) is 4.12. The van der Waals surface area contributed by atoms with Crippen LogP contribution in [0.2, 0.25) is 0 Å². The van der Waals surface area contributed by atoms with Crippen molar-refractivity contribution >= 4 is 32.9 Å². The molecule has 0 aliphatic carbocycles. The minimum atomic E-state index is -0.0435. The normalized spacial score (nSPS) is 16.8. The van der Waals surface area contributed by atoms with Gasteiger partial charge in [-0.15, -0.1) is 11.3 Å². The van der Waals surface area contributed by atoms with Gasteiger partial charge in [-0.1, -0.05) is 30.3 Å². The van der Waals surface area contributed by atoms with Crippen molar-refractivity contribution in [3.63, 3.8) is 0 Å². The average molecular weight is 437 g/mol. The number of nitrogens with zero attached hydrogens (tertiary/aromatic N) is 3. The fraction of sp³-hybridized carbons (Fsp3) is 0.304. The average Bonchev–Trinajstić information content (AvgIpc) is 3.44. The van der Waals surface area contributed by atoms with Crippen molar-refractivity contribution in [3.05, 3.63) is 74.3 Å². The topological polar surface area (TPSA) is 52.2 Å². The Bertz CT molecular complexity index is 1180. The van der Waals surface area contributed by atoms with Crippen LogP contribution in [0.4, 0.5) is 0 Å². The van der Waals surface area contributed by atoms with Crippen molar-refractivity contribution in [3.8, 4) is 11.1 Å². The van der Waals surface area contributed by atoms with Crippen LogP contribution in [0.5, 0.6) is 0 Å². The first-order chi connectivity index (χ1) is 14.7. The second-order valence-corrected chi connectivity index (χ2v) is 9.40. The molecular weight excluding hydrogens is 412 g/mol. The number of aromatic nitrogens is 2. The molecule has 1 N–H and O–H groups in total. The highest BCUT2D eigenvalue weighted by Gasteiger charge is 2.24. The van der Waals surface area contributed by atoms with Crippen molar-refractivity contribution in [2.24, 2.45) is 0 Å². The monoisotopic (exact) mass is 436 g/mol. The highest BCUT2D eigenvalue weighted by molar-refractivity contribution is 7.17. The van der Waals surface area contributed by atoms with Gasteiger partial charge in [0.25, 0.3) is 5.56 Å². The van der Waals surface area contributed by atoms with Crippen LogP contribution >= 0.6 is 22.7 Å². The quantitative estimate of drug-likeness (QED) is 0.497. The molecule has 0 spiro atoms. The molecule has 1 saturated heterocycles. The van der Waals surface area contributed by atoms with Crippen LogP contribution in [0.15, 0.2) is 57.3 Å². The van der Waals surface area contributed by atoms with E-state index in [2.05, 4.69) is 38.5 Å². The van der Waals surface area contributed by atoms with E-state index in [1.807, 2.05) is 35.7 Å². The minimum Gasteiger partial charge on any atom is -0.309 e. The summed E-state index contributed by atoms with van der Waals surface area (Å²) in [5.41, 5.74) is 3.37. The van der Waals surface area contributed by atoms with Crippen molar-refractivity contribution in [2.45, 2.75) is 19.5 Å². The van der Waals surface area contributed by atoms with Crippen molar-refractivity contribution in [1.29, 1.82) is 0 Å². The molecule has 1 atom stereocenters. The number of piperazine rings is 1. The Kier molecular flexibility index (Phi) is 5.52. The zero-order valence-corrected chi connectivity index (χ0v) is 18.5. The first-order valence-corrected chi connectivity index (χ1v) is 12.1. The summed E-state index contributed by atoms with van der Waals surface area (Å²) in [7, 11) is 0. The Labute approximate surface area is 183 Å². The van der Waals surface area contributed by atoms with Crippen LogP contribution in [0, 0.1) is 0 Å². The maximum atomic E-state index is 13.0. The molecule has 154 valence electrons. The zero-order chi connectivity index (χ0) is 20.5. The maximum absolute atomic E-state index is 13.0. The molecule has 7 heteroatoms. The number of aromatic amines is 1. The lowest BCUT2D eigenvalue weighted by atomic mass is 10.1. The van der Waals surface area contributed by atoms with Crippen LogP contribution in [-0.4, -0.2) is 45.9 Å². The Morgan fingerprint density at radius 1 is 1.10 bits per heavy atom. The van der Waals surface area contributed by atoms with Crippen molar-refractivity contribution < 1.29 is 0 Å². The van der Waals surface area contributed by atoms with Crippen LogP contribution < -0.4 is 5.56 Å². The third-order valence-electron chi connectivity index (χ3n) is 5.88. The van der Waals surface area contributed by atoms with E-state index in [1.54, 1.807) is 22.7 Å². The molecule has 5 nitrogen and oxygen atoms in total. The third-order valence-corrected chi connectivity index (χ3v) is 7.49. The summed E-state index contributed by atoms with van der Waals surface area (Å²) >= 11 is 3.30. The van der Waals surface area contributed by atoms with Crippen LogP contribution in [0.1, 0.15) is 24.4 Å². The Balaban J connectivity index is 1.33. The van der Waals surface area contributed by atoms with E-state index >= 15 is 0 Å². The summed E-state index contributed by atoms with van der Waals surface area (Å²) in [6, 6.07) is 12.3. The first-order valence-electron chi connectivity index (χ1n) is 10.2. The van der Waals surface area contributed by atoms with E-state index in [-0.39, 0.29) is 11.6 Å². The lowest BCUT2D eigenvalue weighted by molar-refractivity contribution is 0.0949. The second kappa shape index (κ2) is 8.43. The van der Waals surface area contributed by atoms with Gasteiger partial charge in [-0.05, 0) is 34.9 Å². The highest BCUT2D eigenvalue weighted by atomic mass is 32.1. The number of rotatable bonds is 5. The number of benzene rings is 1. The van der Waals surface area contributed by atoms with Crippen molar-refractivity contribution in [1.82, 2.24) is 19.8 Å². The van der Waals surface area contributed by atoms with Gasteiger partial charge in [-0.2, -0.15) is 11.3 Å². The predicted octanol–water partition coefficient (Wildman–Crippen LogP) is 4.59. The molecule has 30 heavy (non-hydrogen) atoms. The molecule has 3 aromatic heterocycles. The van der Waals surface area contributed by atoms with Gasteiger partial charge in [-0.3, -0.25) is 14.6 Å². The fourth-order valence-corrected chi connectivity index (χ4v) is 5.73. The van der Waals surface area contributed by atoms with E-state index < -0.39 is 0 Å². The molecule has 1 aliphatic heterocycles. The van der Waals surface area contributed by atoms with E-state index in [4.69, 9.17) is 4.98 Å². The highest BCUT2D eigenvalue weighted by Crippen LogP contribution is 2.31. The van der Waals surface area contributed by atoms with Gasteiger partial charge in [0.15, 0.2) is 0 Å². The molecular formula is C23H24N4OS2. The van der Waals surface area contributed by atoms with Crippen LogP contribution in [0.25, 0.3) is 21.3 Å². The lowest BCUT2D eigenvalue weighted by Gasteiger charge is -2.37. The molecule has 0 saturated carbocycles. The maximum Gasteiger partial charge on any atom is 0.260 e. The zero-order valence-electron chi connectivity index (χ0n) is 16.9. The molecule has 1 aliphatic rings. The van der Waals surface area contributed by atoms with Gasteiger partial charge in [-0.25, -0.2) is 4.98 Å². The number of hydrogen-bond donors (Lipinski definition) is 1. The summed E-state index contributed by atoms with van der Waals surface area (Å²) in [5, 5.41) is 7.10. The minimum absolute atomic E-state index is 0.0435. The van der Waals surface area contributed by atoms with E-state index in [0.717, 1.165) is 54.5 Å². The molecule has 1 aromatic carbocycles. The first kappa shape index (κ1) is 19.6. The third kappa shape index (κ3) is 3.86. The van der Waals surface area contributed by atoms with E-state index in [0.29, 0.717) is 5.39 Å². The van der Waals surface area contributed by atoms with E-state index in [9.17, 15) is 4.79 Å². The van der Waals surface area contributed by atoms with Gasteiger partial charge in [0.05, 0.1) is 11.4 Å². The predicted molar refractivity (Wildman–Crippen MR) is 125 cm³/mol. The molecule has 5 rings (SSSR count). The summed E-state index contributed by atoms with van der Waals surface area (Å²) in [6.07, 6.45) is 0. The van der Waals surface area contributed by atoms with Gasteiger partial charge in [0.1, 0.15) is 10.7 Å². The van der Waals surface area contributed by atoms with E-state index in [1.165, 1.54) is 5.56 Å². The van der Waals surface area contributed by atoms with Gasteiger partial charge in [0, 0.05) is 43.7 Å². The smallest absolute Gasteiger partial charge is 0.260 e. The SMILES string of the molecule is C[C@@H](c1nc2scc(-c3ccccc3)c2c(=O)[nH]1)N1CCN(Cc2ccsc2)CC1. The van der Waals surface area contributed by atoms with Gasteiger partial charge < -0.3 is 4.98 Å². The number of thiophene rings is 2. The summed E-state index contributed by atoms with van der Waals surface area (Å²) in [5.74, 6) is 0.764. The number of fused-ring (bicyclic) bond motifs is 1. The number of hydrogen-bond acceptors (Lipinski definition) is 6. The summed E-state index contributed by atoms with van der Waals surface area (Å²) in [6.45, 7) is 7.18. The Morgan fingerprint density at radius 2 is 1.90 bits per heavy atom. The van der Waals surface area contributed by atoms with Crippen LogP contribution in [0.3, 0.4) is 0 Å². The molecule has 4 heterocycles. The molecule has 0 radical (unpaired) electrons. The molecule has 1 fully saturated rings. The second-order valence-electron chi connectivity index (χ2n) is 7.77. The largest absolute Gasteiger partial charge is 0.309 e. The van der Waals surface area contributed by atoms with Gasteiger partial charge >= 0.3 is 0 Å². The molecule has 0 unspecified atom stereocenters. The van der Waals surface area contributed by atoms with Gasteiger partial charge in [0.2, 0.25) is 0 Å². The Hall–Kier alpha value is -2.32. The molecule has 0 bridgehead atoms. The Morgan fingerprint density at radius 3 is 2.63 bits per heavy atom. The summed E-state index contributed by atoms with van der Waals surface area (Å²) < 4.78 is 0. The molecule has 0 amide bonds. The summed E-state index contributed by atoms with van der Waals surface area (Å²) in [4.78, 5) is 26.6. The lowest BCUT2D eigenvalue weighted by Crippen LogP contribution is -2.47. The standard InChI is InChI=1S/C23H24N4OS2/c1-16(27-10-8-26(9-11-27)13-17-7-12-29-14-17)21-24-22(28)20-19(15-30-23(20)25-21)18-5-3-2-4-6-18/h2-7,12,14-16H,8-11,13H2,1H3,(H,24,25,28)/t16-/m0/s1.